The first-order valence-electron chi connectivity index (χ1n) is 10.1. The molecule has 0 spiro atoms. The van der Waals surface area contributed by atoms with E-state index in [0.29, 0.717) is 0 Å². The number of benzene rings is 2. The number of hydrogen-bond donors (Lipinski definition) is 0. The second-order valence-corrected chi connectivity index (χ2v) is 8.64. The van der Waals surface area contributed by atoms with Gasteiger partial charge in [-0.05, 0) is 76.8 Å². The largest absolute Gasteiger partial charge is 0.497 e. The summed E-state index contributed by atoms with van der Waals surface area (Å²) in [6, 6.07) is 15.2. The molecule has 2 aromatic carbocycles. The van der Waals surface area contributed by atoms with E-state index in [9.17, 15) is 0 Å². The van der Waals surface area contributed by atoms with Crippen LogP contribution in [0.3, 0.4) is 0 Å². The van der Waals surface area contributed by atoms with Crippen molar-refractivity contribution in [2.75, 3.05) is 13.7 Å². The minimum absolute atomic E-state index is 0.127. The first kappa shape index (κ1) is 20.4. The van der Waals surface area contributed by atoms with Crippen molar-refractivity contribution in [2.24, 2.45) is 0 Å². The Bertz CT molecular complexity index is 860. The SMILES string of the molecule is C=C(/C=C(/c1ccc(C(C)(C)C)cc1)c1ccc(OC)cc1C)C1CCCO1. The average molecular weight is 377 g/mol. The van der Waals surface area contributed by atoms with Gasteiger partial charge in [-0.1, -0.05) is 57.7 Å². The molecule has 0 N–H and O–H groups in total. The van der Waals surface area contributed by atoms with E-state index in [0.717, 1.165) is 30.8 Å². The zero-order valence-corrected chi connectivity index (χ0v) is 17.8. The molecule has 1 atom stereocenters. The van der Waals surface area contributed by atoms with E-state index in [-0.39, 0.29) is 11.5 Å². The number of rotatable bonds is 5. The summed E-state index contributed by atoms with van der Waals surface area (Å²) >= 11 is 0. The summed E-state index contributed by atoms with van der Waals surface area (Å²) in [6.45, 7) is 14.0. The van der Waals surface area contributed by atoms with E-state index >= 15 is 0 Å². The molecule has 2 aromatic rings. The monoisotopic (exact) mass is 376 g/mol. The van der Waals surface area contributed by atoms with E-state index in [1.807, 2.05) is 6.07 Å². The molecule has 3 rings (SSSR count). The molecule has 1 saturated heterocycles. The van der Waals surface area contributed by atoms with Crippen molar-refractivity contribution in [3.05, 3.63) is 82.9 Å². The predicted octanol–water partition coefficient (Wildman–Crippen LogP) is 6.47. The molecule has 0 bridgehead atoms. The van der Waals surface area contributed by atoms with E-state index < -0.39 is 0 Å². The molecule has 1 heterocycles. The summed E-state index contributed by atoms with van der Waals surface area (Å²) in [5.41, 5.74) is 7.28. The molecule has 1 unspecified atom stereocenters. The van der Waals surface area contributed by atoms with Crippen molar-refractivity contribution >= 4 is 5.57 Å². The van der Waals surface area contributed by atoms with Crippen LogP contribution in [0.15, 0.2) is 60.7 Å². The quantitative estimate of drug-likeness (QED) is 0.557. The molecule has 1 aliphatic rings. The Morgan fingerprint density at radius 3 is 2.39 bits per heavy atom. The fourth-order valence-corrected chi connectivity index (χ4v) is 3.68. The molecule has 0 saturated carbocycles. The van der Waals surface area contributed by atoms with Gasteiger partial charge in [-0.15, -0.1) is 0 Å². The number of hydrogen-bond acceptors (Lipinski definition) is 2. The Hall–Kier alpha value is -2.32. The summed E-state index contributed by atoms with van der Waals surface area (Å²) in [7, 11) is 1.70. The van der Waals surface area contributed by atoms with Crippen molar-refractivity contribution in [1.29, 1.82) is 0 Å². The van der Waals surface area contributed by atoms with Gasteiger partial charge < -0.3 is 9.47 Å². The van der Waals surface area contributed by atoms with Crippen LogP contribution < -0.4 is 4.74 Å². The Kier molecular flexibility index (Phi) is 6.10. The van der Waals surface area contributed by atoms with Gasteiger partial charge in [-0.3, -0.25) is 0 Å². The molecule has 0 aliphatic carbocycles. The maximum absolute atomic E-state index is 5.85. The van der Waals surface area contributed by atoms with Gasteiger partial charge in [0.05, 0.1) is 13.2 Å². The lowest BCUT2D eigenvalue weighted by Crippen LogP contribution is -2.10. The molecule has 148 valence electrons. The first-order valence-corrected chi connectivity index (χ1v) is 10.1. The van der Waals surface area contributed by atoms with Crippen LogP contribution in [0, 0.1) is 6.92 Å². The van der Waals surface area contributed by atoms with Crippen LogP contribution in [0.2, 0.25) is 0 Å². The highest BCUT2D eigenvalue weighted by molar-refractivity contribution is 5.83. The van der Waals surface area contributed by atoms with Crippen molar-refractivity contribution in [3.8, 4) is 5.75 Å². The van der Waals surface area contributed by atoms with Gasteiger partial charge in [-0.2, -0.15) is 0 Å². The third-order valence-corrected chi connectivity index (χ3v) is 5.46. The lowest BCUT2D eigenvalue weighted by Gasteiger charge is -2.20. The second kappa shape index (κ2) is 8.36. The van der Waals surface area contributed by atoms with Crippen molar-refractivity contribution in [2.45, 2.75) is 52.1 Å². The van der Waals surface area contributed by atoms with Crippen molar-refractivity contribution in [3.63, 3.8) is 0 Å². The van der Waals surface area contributed by atoms with Crippen molar-refractivity contribution < 1.29 is 9.47 Å². The predicted molar refractivity (Wildman–Crippen MR) is 118 cm³/mol. The Morgan fingerprint density at radius 2 is 1.86 bits per heavy atom. The zero-order chi connectivity index (χ0) is 20.3. The van der Waals surface area contributed by atoms with Crippen LogP contribution in [0.1, 0.15) is 55.9 Å². The Labute approximate surface area is 169 Å². The standard InChI is InChI=1S/C26H32O2/c1-18-16-22(27-6)13-14-23(18)24(17-19(2)25-8-7-15-28-25)20-9-11-21(12-10-20)26(3,4)5/h9-14,16-17,25H,2,7-8,15H2,1,3-6H3/b24-17-. The molecule has 28 heavy (non-hydrogen) atoms. The van der Waals surface area contributed by atoms with E-state index in [1.54, 1.807) is 7.11 Å². The fourth-order valence-electron chi connectivity index (χ4n) is 3.68. The third kappa shape index (κ3) is 4.56. The minimum Gasteiger partial charge on any atom is -0.497 e. The van der Waals surface area contributed by atoms with Gasteiger partial charge in [-0.25, -0.2) is 0 Å². The van der Waals surface area contributed by atoms with Gasteiger partial charge >= 0.3 is 0 Å². The minimum atomic E-state index is 0.127. The fraction of sp³-hybridized carbons (Fsp3) is 0.385. The van der Waals surface area contributed by atoms with Crippen molar-refractivity contribution in [1.82, 2.24) is 0 Å². The maximum atomic E-state index is 5.85. The van der Waals surface area contributed by atoms with E-state index in [1.165, 1.54) is 27.8 Å². The van der Waals surface area contributed by atoms with Crippen LogP contribution in [0.4, 0.5) is 0 Å². The molecule has 1 aliphatic heterocycles. The van der Waals surface area contributed by atoms with Gasteiger partial charge in [0.1, 0.15) is 5.75 Å². The molecular weight excluding hydrogens is 344 g/mol. The summed E-state index contributed by atoms with van der Waals surface area (Å²) in [6.07, 6.45) is 4.49. The molecule has 0 amide bonds. The summed E-state index contributed by atoms with van der Waals surface area (Å²) in [4.78, 5) is 0. The summed E-state index contributed by atoms with van der Waals surface area (Å²) < 4.78 is 11.2. The second-order valence-electron chi connectivity index (χ2n) is 8.64. The molecule has 1 fully saturated rings. The summed E-state index contributed by atoms with van der Waals surface area (Å²) in [5.74, 6) is 0.877. The van der Waals surface area contributed by atoms with E-state index in [4.69, 9.17) is 9.47 Å². The van der Waals surface area contributed by atoms with Crippen LogP contribution in [-0.4, -0.2) is 19.8 Å². The maximum Gasteiger partial charge on any atom is 0.119 e. The normalized spacial score (nSPS) is 17.6. The van der Waals surface area contributed by atoms with Crippen LogP contribution in [0.25, 0.3) is 5.57 Å². The van der Waals surface area contributed by atoms with Gasteiger partial charge in [0.2, 0.25) is 0 Å². The van der Waals surface area contributed by atoms with Gasteiger partial charge in [0, 0.05) is 6.61 Å². The number of ether oxygens (including phenoxy) is 2. The topological polar surface area (TPSA) is 18.5 Å². The Balaban J connectivity index is 2.05. The highest BCUT2D eigenvalue weighted by Gasteiger charge is 2.19. The molecule has 2 nitrogen and oxygen atoms in total. The zero-order valence-electron chi connectivity index (χ0n) is 17.8. The third-order valence-electron chi connectivity index (χ3n) is 5.46. The van der Waals surface area contributed by atoms with Gasteiger partial charge in [0.15, 0.2) is 0 Å². The van der Waals surface area contributed by atoms with Crippen LogP contribution >= 0.6 is 0 Å². The smallest absolute Gasteiger partial charge is 0.119 e. The highest BCUT2D eigenvalue weighted by Crippen LogP contribution is 2.33. The first-order chi connectivity index (χ1) is 13.3. The average Bonchev–Trinajstić information content (AvgIpc) is 3.20. The number of methoxy groups -OCH3 is 1. The lowest BCUT2D eigenvalue weighted by molar-refractivity contribution is 0.140. The van der Waals surface area contributed by atoms with E-state index in [2.05, 4.69) is 76.7 Å². The number of aryl methyl sites for hydroxylation is 1. The highest BCUT2D eigenvalue weighted by atomic mass is 16.5. The molecule has 2 heteroatoms. The molecular formula is C26H32O2. The lowest BCUT2D eigenvalue weighted by atomic mass is 9.85. The summed E-state index contributed by atoms with van der Waals surface area (Å²) in [5, 5.41) is 0. The van der Waals surface area contributed by atoms with Crippen LogP contribution in [-0.2, 0) is 10.2 Å². The molecule has 0 aromatic heterocycles. The van der Waals surface area contributed by atoms with Gasteiger partial charge in [0.25, 0.3) is 0 Å². The molecule has 0 radical (unpaired) electrons. The Morgan fingerprint density at radius 1 is 1.14 bits per heavy atom. The van der Waals surface area contributed by atoms with Crippen LogP contribution in [0.5, 0.6) is 5.75 Å².